The van der Waals surface area contributed by atoms with E-state index in [-0.39, 0.29) is 36.2 Å². The van der Waals surface area contributed by atoms with Crippen LogP contribution in [0.25, 0.3) is 0 Å². The summed E-state index contributed by atoms with van der Waals surface area (Å²) in [7, 11) is 5.51. The van der Waals surface area contributed by atoms with E-state index in [1.807, 2.05) is 21.1 Å². The highest BCUT2D eigenvalue weighted by atomic mass is 16.6. The number of carboxylic acids is 1. The smallest absolute Gasteiger partial charge is 0.362 e. The van der Waals surface area contributed by atoms with Crippen molar-refractivity contribution in [3.8, 4) is 0 Å². The third-order valence-corrected chi connectivity index (χ3v) is 10.3. The van der Waals surface area contributed by atoms with Crippen molar-refractivity contribution in [1.82, 2.24) is 0 Å². The normalized spacial score (nSPS) is 13.6. The van der Waals surface area contributed by atoms with Crippen LogP contribution in [0.4, 0.5) is 0 Å². The maximum atomic E-state index is 12.7. The van der Waals surface area contributed by atoms with E-state index in [1.165, 1.54) is 89.9 Å². The first kappa shape index (κ1) is 56.8. The predicted octanol–water partition coefficient (Wildman–Crippen LogP) is 13.5. The van der Waals surface area contributed by atoms with Crippen LogP contribution in [0.5, 0.6) is 0 Å². The van der Waals surface area contributed by atoms with Crippen molar-refractivity contribution in [3.63, 3.8) is 0 Å². The van der Waals surface area contributed by atoms with Gasteiger partial charge in [0.25, 0.3) is 0 Å². The number of rotatable bonds is 42. The van der Waals surface area contributed by atoms with Crippen molar-refractivity contribution in [2.24, 2.45) is 0 Å². The molecule has 2 unspecified atom stereocenters. The van der Waals surface area contributed by atoms with Crippen molar-refractivity contribution < 1.29 is 38.2 Å². The Kier molecular flexibility index (Phi) is 40.2. The molecule has 344 valence electrons. The number of quaternary nitrogens is 1. The Morgan fingerprint density at radius 2 is 0.883 bits per heavy atom. The molecule has 0 spiro atoms. The van der Waals surface area contributed by atoms with Crippen LogP contribution >= 0.6 is 0 Å². The first-order valence-electron chi connectivity index (χ1n) is 24.0. The van der Waals surface area contributed by atoms with Crippen LogP contribution < -0.4 is 0 Å². The molecule has 2 atom stereocenters. The van der Waals surface area contributed by atoms with Gasteiger partial charge in [0.2, 0.25) is 0 Å². The Bertz CT molecular complexity index is 1210. The number of carbonyl (C=O) groups excluding carboxylic acids is 2. The van der Waals surface area contributed by atoms with E-state index in [2.05, 4.69) is 86.8 Å². The molecule has 60 heavy (non-hydrogen) atoms. The number of aliphatic carboxylic acids is 1. The molecule has 0 saturated heterocycles. The van der Waals surface area contributed by atoms with E-state index in [0.29, 0.717) is 25.7 Å². The molecular formula is C52H90NO7+. The highest BCUT2D eigenvalue weighted by molar-refractivity contribution is 5.72. The second-order valence-electron chi connectivity index (χ2n) is 17.0. The molecule has 0 fully saturated rings. The van der Waals surface area contributed by atoms with Gasteiger partial charge in [-0.3, -0.25) is 9.59 Å². The fourth-order valence-corrected chi connectivity index (χ4v) is 6.57. The van der Waals surface area contributed by atoms with Gasteiger partial charge in [-0.15, -0.1) is 0 Å². The summed E-state index contributed by atoms with van der Waals surface area (Å²) in [4.78, 5) is 37.0. The van der Waals surface area contributed by atoms with Crippen LogP contribution in [-0.2, 0) is 28.6 Å². The van der Waals surface area contributed by atoms with Crippen molar-refractivity contribution in [3.05, 3.63) is 72.9 Å². The first-order valence-corrected chi connectivity index (χ1v) is 24.0. The van der Waals surface area contributed by atoms with Crippen LogP contribution in [-0.4, -0.2) is 80.6 Å². The van der Waals surface area contributed by atoms with Gasteiger partial charge >= 0.3 is 17.9 Å². The lowest BCUT2D eigenvalue weighted by atomic mass is 10.1. The molecule has 1 N–H and O–H groups in total. The Hall–Kier alpha value is -3.23. The molecule has 0 aromatic rings. The summed E-state index contributed by atoms with van der Waals surface area (Å²) in [5, 5.41) is 9.63. The molecule has 0 radical (unpaired) electrons. The van der Waals surface area contributed by atoms with E-state index in [9.17, 15) is 19.5 Å². The summed E-state index contributed by atoms with van der Waals surface area (Å²) in [6.07, 6.45) is 53.7. The maximum absolute atomic E-state index is 12.7. The topological polar surface area (TPSA) is 99.1 Å². The predicted molar refractivity (Wildman–Crippen MR) is 252 cm³/mol. The Morgan fingerprint density at radius 1 is 0.500 bits per heavy atom. The van der Waals surface area contributed by atoms with Gasteiger partial charge in [0.05, 0.1) is 34.4 Å². The number of hydrogen-bond donors (Lipinski definition) is 1. The average molecular weight is 841 g/mol. The average Bonchev–Trinajstić information content (AvgIpc) is 3.21. The Balaban J connectivity index is 4.39. The van der Waals surface area contributed by atoms with Crippen molar-refractivity contribution in [2.75, 3.05) is 41.0 Å². The van der Waals surface area contributed by atoms with Crippen LogP contribution in [0.15, 0.2) is 72.9 Å². The number of likely N-dealkylation sites (N-methyl/N-ethyl adjacent to an activating group) is 1. The summed E-state index contributed by atoms with van der Waals surface area (Å²) >= 11 is 0. The van der Waals surface area contributed by atoms with Gasteiger partial charge in [-0.05, 0) is 89.9 Å². The first-order chi connectivity index (χ1) is 29.1. The number of allylic oxidation sites excluding steroid dienone is 12. The van der Waals surface area contributed by atoms with Gasteiger partial charge in [0, 0.05) is 19.3 Å². The monoisotopic (exact) mass is 841 g/mol. The highest BCUT2D eigenvalue weighted by Crippen LogP contribution is 2.13. The molecule has 0 amide bonds. The molecule has 0 aliphatic heterocycles. The minimum atomic E-state index is -0.884. The van der Waals surface area contributed by atoms with Gasteiger partial charge in [0.15, 0.2) is 12.1 Å². The number of carbonyl (C=O) groups is 3. The number of unbranched alkanes of at least 4 members (excludes halogenated alkanes) is 16. The molecule has 0 rings (SSSR count). The summed E-state index contributed by atoms with van der Waals surface area (Å²) in [6.45, 7) is 4.64. The third kappa shape index (κ3) is 40.2. The van der Waals surface area contributed by atoms with Crippen molar-refractivity contribution in [1.29, 1.82) is 0 Å². The van der Waals surface area contributed by atoms with Gasteiger partial charge < -0.3 is 23.8 Å². The second-order valence-corrected chi connectivity index (χ2v) is 17.0. The molecule has 0 saturated carbocycles. The van der Waals surface area contributed by atoms with E-state index < -0.39 is 18.1 Å². The molecule has 8 heteroatoms. The number of carboxylic acid groups (broad SMARTS) is 1. The van der Waals surface area contributed by atoms with Crippen LogP contribution in [0, 0.1) is 0 Å². The maximum Gasteiger partial charge on any atom is 0.362 e. The fourth-order valence-electron chi connectivity index (χ4n) is 6.57. The van der Waals surface area contributed by atoms with Crippen LogP contribution in [0.1, 0.15) is 187 Å². The zero-order valence-electron chi connectivity index (χ0n) is 39.1. The highest BCUT2D eigenvalue weighted by Gasteiger charge is 2.31. The van der Waals surface area contributed by atoms with Gasteiger partial charge in [0.1, 0.15) is 6.61 Å². The van der Waals surface area contributed by atoms with Gasteiger partial charge in [-0.25, -0.2) is 4.79 Å². The molecule has 0 aliphatic rings. The SMILES string of the molecule is CCCCC/C=C/C/C=C/C/C=C/C/C=C/C/C=C/CCCCC(=O)OCC(COCCC(C(=O)O)[N+](C)(C)C)OC(=O)CCCCCCCCC/C=C/CCCCCC. The molecule has 0 aromatic carbocycles. The third-order valence-electron chi connectivity index (χ3n) is 10.3. The lowest BCUT2D eigenvalue weighted by molar-refractivity contribution is -0.887. The summed E-state index contributed by atoms with van der Waals surface area (Å²) in [6, 6.07) is -0.625. The Labute approximate surface area is 368 Å². The standard InChI is InChI=1S/C52H89NO7/c1-6-8-10-12-14-16-18-20-22-23-24-25-26-27-29-30-32-34-36-38-40-42-50(54)59-47-48(46-58-45-44-49(52(56)57)53(3,4)5)60-51(55)43-41-39-37-35-33-31-28-21-19-17-15-13-11-9-7-2/h14,16-17,19-20,22,24-25,27,29,32,34,48-49H,6-13,15,18,21,23,26,28,30-31,33,35-47H2,1-5H3/p+1/b16-14+,19-17+,22-20+,25-24+,29-27+,34-32+. The summed E-state index contributed by atoms with van der Waals surface area (Å²) < 4.78 is 17.3. The van der Waals surface area contributed by atoms with Gasteiger partial charge in [-0.1, -0.05) is 151 Å². The quantitative estimate of drug-likeness (QED) is 0.0283. The van der Waals surface area contributed by atoms with Crippen molar-refractivity contribution in [2.45, 2.75) is 199 Å². The number of esters is 2. The molecule has 0 aromatic heterocycles. The lowest BCUT2D eigenvalue weighted by Gasteiger charge is -2.31. The minimum Gasteiger partial charge on any atom is -0.477 e. The number of hydrogen-bond acceptors (Lipinski definition) is 6. The molecule has 0 bridgehead atoms. The molecular weight excluding hydrogens is 751 g/mol. The number of nitrogens with zero attached hydrogens (tertiary/aromatic N) is 1. The zero-order chi connectivity index (χ0) is 44.2. The van der Waals surface area contributed by atoms with Gasteiger partial charge in [-0.2, -0.15) is 0 Å². The largest absolute Gasteiger partial charge is 0.477 e. The van der Waals surface area contributed by atoms with Crippen LogP contribution in [0.3, 0.4) is 0 Å². The second kappa shape index (κ2) is 42.5. The van der Waals surface area contributed by atoms with E-state index in [1.54, 1.807) is 0 Å². The molecule has 0 heterocycles. The van der Waals surface area contributed by atoms with E-state index in [4.69, 9.17) is 14.2 Å². The number of ether oxygens (including phenoxy) is 3. The van der Waals surface area contributed by atoms with E-state index in [0.717, 1.165) is 57.8 Å². The minimum absolute atomic E-state index is 0.0424. The Morgan fingerprint density at radius 3 is 1.38 bits per heavy atom. The summed E-state index contributed by atoms with van der Waals surface area (Å²) in [5.41, 5.74) is 0. The zero-order valence-corrected chi connectivity index (χ0v) is 39.1. The van der Waals surface area contributed by atoms with Crippen molar-refractivity contribution >= 4 is 17.9 Å². The molecule has 8 nitrogen and oxygen atoms in total. The molecule has 0 aliphatic carbocycles. The lowest BCUT2D eigenvalue weighted by Crippen LogP contribution is -2.50. The van der Waals surface area contributed by atoms with E-state index >= 15 is 0 Å². The fraction of sp³-hybridized carbons (Fsp3) is 0.712. The summed E-state index contributed by atoms with van der Waals surface area (Å²) in [5.74, 6) is -1.53. The van der Waals surface area contributed by atoms with Crippen LogP contribution in [0.2, 0.25) is 0 Å².